The van der Waals surface area contributed by atoms with Gasteiger partial charge in [0.05, 0.1) is 18.1 Å². The zero-order chi connectivity index (χ0) is 11.2. The van der Waals surface area contributed by atoms with Crippen LogP contribution in [-0.2, 0) is 4.74 Å². The molecule has 0 radical (unpaired) electrons. The summed E-state index contributed by atoms with van der Waals surface area (Å²) in [5.41, 5.74) is 0. The summed E-state index contributed by atoms with van der Waals surface area (Å²) < 4.78 is 5.26. The Bertz CT molecular complexity index is 326. The maximum atomic E-state index is 11.6. The van der Waals surface area contributed by atoms with Crippen LogP contribution >= 0.6 is 11.3 Å². The second-order valence-corrected chi connectivity index (χ2v) is 4.63. The minimum atomic E-state index is 0. The molecule has 1 saturated heterocycles. The molecule has 4 nitrogen and oxygen atoms in total. The minimum absolute atomic E-state index is 0. The van der Waals surface area contributed by atoms with Crippen LogP contribution in [0.5, 0.6) is 0 Å². The molecular weight excluding hydrogens is 260 g/mol. The average Bonchev–Trinajstić information content (AvgIpc) is 2.84. The van der Waals surface area contributed by atoms with Crippen LogP contribution in [0.4, 0.5) is 0 Å². The van der Waals surface area contributed by atoms with Gasteiger partial charge in [-0.15, -0.1) is 11.3 Å². The third kappa shape index (κ3) is 4.63. The summed E-state index contributed by atoms with van der Waals surface area (Å²) in [6.07, 6.45) is 0. The smallest absolute Gasteiger partial charge is 0.261 e. The summed E-state index contributed by atoms with van der Waals surface area (Å²) in [4.78, 5) is 14.7. The van der Waals surface area contributed by atoms with Gasteiger partial charge in [0.2, 0.25) is 0 Å². The van der Waals surface area contributed by atoms with E-state index in [-0.39, 0.29) is 18.3 Å². The monoisotopic (exact) mass is 275 g/mol. The molecule has 1 aliphatic heterocycles. The van der Waals surface area contributed by atoms with E-state index in [0.29, 0.717) is 6.54 Å². The highest BCUT2D eigenvalue weighted by atomic mass is 35.5. The lowest BCUT2D eigenvalue weighted by Crippen LogP contribution is -3.00. The molecule has 1 aliphatic rings. The van der Waals surface area contributed by atoms with Gasteiger partial charge in [-0.25, -0.2) is 0 Å². The lowest BCUT2D eigenvalue weighted by Gasteiger charge is -2.26. The van der Waals surface area contributed by atoms with E-state index in [4.69, 9.17) is 4.74 Å². The Morgan fingerprint density at radius 3 is 2.88 bits per heavy atom. The number of carbonyl (C=O) groups excluding carboxylic acids is 1. The molecule has 0 aliphatic carbocycles. The van der Waals surface area contributed by atoms with E-state index < -0.39 is 0 Å². The van der Waals surface area contributed by atoms with Crippen molar-refractivity contribution in [3.05, 3.63) is 22.4 Å². The second kappa shape index (κ2) is 7.66. The second-order valence-electron chi connectivity index (χ2n) is 3.69. The third-order valence-electron chi connectivity index (χ3n) is 2.56. The highest BCUT2D eigenvalue weighted by Crippen LogP contribution is 2.07. The van der Waals surface area contributed by atoms with Gasteiger partial charge in [0.1, 0.15) is 0 Å². The number of nitrogens with zero attached hydrogens (tertiary/aromatic N) is 1. The first kappa shape index (κ1) is 14.4. The number of hydrogen-bond acceptors (Lipinski definition) is 4. The van der Waals surface area contributed by atoms with Gasteiger partial charge < -0.3 is 22.5 Å². The molecule has 0 saturated carbocycles. The number of carbonyl (C=O) groups is 1. The van der Waals surface area contributed by atoms with Crippen molar-refractivity contribution in [2.24, 2.45) is 0 Å². The summed E-state index contributed by atoms with van der Waals surface area (Å²) >= 11 is 1.47. The summed E-state index contributed by atoms with van der Waals surface area (Å²) in [6.45, 7) is 5.15. The fourth-order valence-electron chi connectivity index (χ4n) is 1.65. The predicted molar refractivity (Wildman–Crippen MR) is 63.9 cm³/mol. The SMILES string of the molecule is O=C(NCCN1CCOCC1)c1cccs1.[Cl-]. The molecule has 2 heterocycles. The van der Waals surface area contributed by atoms with Crippen LogP contribution in [0, 0.1) is 0 Å². The van der Waals surface area contributed by atoms with E-state index in [1.807, 2.05) is 17.5 Å². The molecule has 0 spiro atoms. The number of halogens is 1. The van der Waals surface area contributed by atoms with E-state index in [9.17, 15) is 4.79 Å². The van der Waals surface area contributed by atoms with Crippen molar-refractivity contribution < 1.29 is 21.9 Å². The summed E-state index contributed by atoms with van der Waals surface area (Å²) in [6, 6.07) is 3.73. The normalized spacial score (nSPS) is 16.2. The van der Waals surface area contributed by atoms with Crippen molar-refractivity contribution in [3.63, 3.8) is 0 Å². The van der Waals surface area contributed by atoms with Crippen molar-refractivity contribution in [3.8, 4) is 0 Å². The molecule has 2 rings (SSSR count). The van der Waals surface area contributed by atoms with Crippen LogP contribution in [0.1, 0.15) is 9.67 Å². The van der Waals surface area contributed by atoms with Crippen LogP contribution in [0.3, 0.4) is 0 Å². The molecule has 1 aromatic rings. The number of hydrogen-bond donors (Lipinski definition) is 1. The number of morpholine rings is 1. The van der Waals surface area contributed by atoms with Crippen LogP contribution in [0.25, 0.3) is 0 Å². The topological polar surface area (TPSA) is 41.6 Å². The van der Waals surface area contributed by atoms with Gasteiger partial charge in [-0.1, -0.05) is 6.07 Å². The summed E-state index contributed by atoms with van der Waals surface area (Å²) in [7, 11) is 0. The molecule has 96 valence electrons. The number of rotatable bonds is 4. The lowest BCUT2D eigenvalue weighted by molar-refractivity contribution is -0.0000140. The fourth-order valence-corrected chi connectivity index (χ4v) is 2.29. The van der Waals surface area contributed by atoms with Gasteiger partial charge in [0.15, 0.2) is 0 Å². The van der Waals surface area contributed by atoms with E-state index in [1.54, 1.807) is 0 Å². The van der Waals surface area contributed by atoms with Crippen LogP contribution in [0.15, 0.2) is 17.5 Å². The molecule has 1 aromatic heterocycles. The predicted octanol–water partition coefficient (Wildman–Crippen LogP) is -2.19. The van der Waals surface area contributed by atoms with Crippen molar-refractivity contribution in [1.29, 1.82) is 0 Å². The van der Waals surface area contributed by atoms with E-state index in [0.717, 1.165) is 37.7 Å². The Balaban J connectivity index is 0.00000144. The molecule has 0 aromatic carbocycles. The zero-order valence-electron chi connectivity index (χ0n) is 9.52. The largest absolute Gasteiger partial charge is 1.00 e. The van der Waals surface area contributed by atoms with Gasteiger partial charge in [-0.3, -0.25) is 9.69 Å². The molecule has 0 bridgehead atoms. The van der Waals surface area contributed by atoms with Crippen molar-refractivity contribution in [2.75, 3.05) is 39.4 Å². The van der Waals surface area contributed by atoms with Crippen molar-refractivity contribution in [1.82, 2.24) is 10.2 Å². The summed E-state index contributed by atoms with van der Waals surface area (Å²) in [5.74, 6) is 0.0308. The summed E-state index contributed by atoms with van der Waals surface area (Å²) in [5, 5.41) is 4.83. The molecule has 6 heteroatoms. The molecular formula is C11H16ClN2O2S-. The highest BCUT2D eigenvalue weighted by Gasteiger charge is 2.10. The molecule has 1 amide bonds. The average molecular weight is 276 g/mol. The first-order chi connectivity index (χ1) is 7.86. The highest BCUT2D eigenvalue weighted by molar-refractivity contribution is 7.12. The third-order valence-corrected chi connectivity index (χ3v) is 3.43. The van der Waals surface area contributed by atoms with Gasteiger partial charge in [-0.05, 0) is 11.4 Å². The first-order valence-electron chi connectivity index (χ1n) is 5.48. The molecule has 1 fully saturated rings. The quantitative estimate of drug-likeness (QED) is 0.679. The Hall–Kier alpha value is -0.620. The Labute approximate surface area is 111 Å². The van der Waals surface area contributed by atoms with Crippen LogP contribution in [-0.4, -0.2) is 50.2 Å². The van der Waals surface area contributed by atoms with Crippen LogP contribution < -0.4 is 17.7 Å². The van der Waals surface area contributed by atoms with Gasteiger partial charge >= 0.3 is 0 Å². The number of thiophene rings is 1. The van der Waals surface area contributed by atoms with E-state index >= 15 is 0 Å². The maximum Gasteiger partial charge on any atom is 0.261 e. The minimum Gasteiger partial charge on any atom is -1.00 e. The number of ether oxygens (including phenoxy) is 1. The van der Waals surface area contributed by atoms with E-state index in [1.165, 1.54) is 11.3 Å². The Morgan fingerprint density at radius 1 is 1.47 bits per heavy atom. The molecule has 0 unspecified atom stereocenters. The van der Waals surface area contributed by atoms with E-state index in [2.05, 4.69) is 10.2 Å². The maximum absolute atomic E-state index is 11.6. The lowest BCUT2D eigenvalue weighted by atomic mass is 10.4. The van der Waals surface area contributed by atoms with Gasteiger partial charge in [0.25, 0.3) is 5.91 Å². The number of nitrogens with one attached hydrogen (secondary N) is 1. The van der Waals surface area contributed by atoms with Crippen molar-refractivity contribution in [2.45, 2.75) is 0 Å². The molecule has 1 N–H and O–H groups in total. The fraction of sp³-hybridized carbons (Fsp3) is 0.545. The zero-order valence-corrected chi connectivity index (χ0v) is 11.1. The Morgan fingerprint density at radius 2 is 2.24 bits per heavy atom. The standard InChI is InChI=1S/C11H16N2O2S.ClH/c14-11(10-2-1-9-16-10)12-3-4-13-5-7-15-8-6-13;/h1-2,9H,3-8H2,(H,12,14);1H/p-1. The molecule has 17 heavy (non-hydrogen) atoms. The van der Waals surface area contributed by atoms with Gasteiger partial charge in [0, 0.05) is 26.2 Å². The molecule has 0 atom stereocenters. The number of amides is 1. The Kier molecular flexibility index (Phi) is 6.50. The van der Waals surface area contributed by atoms with Gasteiger partial charge in [-0.2, -0.15) is 0 Å². The van der Waals surface area contributed by atoms with Crippen molar-refractivity contribution >= 4 is 17.2 Å². The van der Waals surface area contributed by atoms with Crippen LogP contribution in [0.2, 0.25) is 0 Å². The first-order valence-corrected chi connectivity index (χ1v) is 6.36.